The number of thiophene rings is 1. The molecule has 0 saturated heterocycles. The van der Waals surface area contributed by atoms with Gasteiger partial charge >= 0.3 is 5.97 Å². The Hall–Kier alpha value is -2.01. The van der Waals surface area contributed by atoms with Crippen LogP contribution in [0.3, 0.4) is 0 Å². The van der Waals surface area contributed by atoms with E-state index >= 15 is 0 Å². The van der Waals surface area contributed by atoms with E-state index in [1.807, 2.05) is 6.07 Å². The molecule has 0 aliphatic heterocycles. The van der Waals surface area contributed by atoms with Gasteiger partial charge in [-0.3, -0.25) is 9.78 Å². The molecule has 2 aromatic heterocycles. The molecule has 0 spiro atoms. The van der Waals surface area contributed by atoms with Gasteiger partial charge in [0.25, 0.3) is 0 Å². The van der Waals surface area contributed by atoms with Gasteiger partial charge in [-0.15, -0.1) is 11.3 Å². The second-order valence-corrected chi connectivity index (χ2v) is 4.54. The average Bonchev–Trinajstić information content (AvgIpc) is 2.78. The number of nitrogens with zero attached hydrogens (tertiary/aromatic N) is 1. The molecule has 0 aromatic carbocycles. The van der Waals surface area contributed by atoms with Crippen LogP contribution in [0.25, 0.3) is 10.6 Å². The second-order valence-electron chi connectivity index (χ2n) is 3.46. The van der Waals surface area contributed by atoms with Crippen molar-refractivity contribution >= 4 is 23.1 Å². The molecule has 0 aliphatic rings. The Labute approximate surface area is 102 Å². The van der Waals surface area contributed by atoms with E-state index < -0.39 is 5.97 Å². The molecule has 0 aliphatic carbocycles. The van der Waals surface area contributed by atoms with Gasteiger partial charge in [0.1, 0.15) is 0 Å². The van der Waals surface area contributed by atoms with E-state index in [0.29, 0.717) is 10.6 Å². The van der Waals surface area contributed by atoms with E-state index in [9.17, 15) is 9.59 Å². The van der Waals surface area contributed by atoms with Crippen LogP contribution >= 0.6 is 11.3 Å². The lowest BCUT2D eigenvalue weighted by Gasteiger charge is -1.97. The van der Waals surface area contributed by atoms with Crippen molar-refractivity contribution in [2.75, 3.05) is 0 Å². The maximum absolute atomic E-state index is 11.1. The minimum Gasteiger partial charge on any atom is -0.478 e. The Kier molecular flexibility index (Phi) is 3.01. The lowest BCUT2D eigenvalue weighted by molar-refractivity contribution is 0.0696. The van der Waals surface area contributed by atoms with Gasteiger partial charge in [-0.2, -0.15) is 0 Å². The first-order valence-electron chi connectivity index (χ1n) is 4.88. The summed E-state index contributed by atoms with van der Waals surface area (Å²) in [4.78, 5) is 27.4. The lowest BCUT2D eigenvalue weighted by atomic mass is 10.2. The minimum absolute atomic E-state index is 0.0170. The van der Waals surface area contributed by atoms with Crippen molar-refractivity contribution in [1.29, 1.82) is 0 Å². The van der Waals surface area contributed by atoms with Gasteiger partial charge in [0, 0.05) is 6.20 Å². The zero-order valence-corrected chi connectivity index (χ0v) is 9.82. The van der Waals surface area contributed by atoms with Crippen LogP contribution in [-0.2, 0) is 0 Å². The number of carboxylic acid groups (broad SMARTS) is 1. The molecule has 0 saturated carbocycles. The Morgan fingerprint density at radius 1 is 1.24 bits per heavy atom. The first-order chi connectivity index (χ1) is 8.08. The number of hydrogen-bond donors (Lipinski definition) is 1. The van der Waals surface area contributed by atoms with E-state index in [0.717, 1.165) is 4.88 Å². The topological polar surface area (TPSA) is 67.3 Å². The minimum atomic E-state index is -1.00. The summed E-state index contributed by atoms with van der Waals surface area (Å²) in [5.74, 6) is -0.983. The maximum Gasteiger partial charge on any atom is 0.337 e. The SMILES string of the molecule is CC(=O)c1ccc(-c2ccc(C(=O)O)cn2)s1. The first kappa shape index (κ1) is 11.5. The van der Waals surface area contributed by atoms with Crippen LogP contribution in [-0.4, -0.2) is 21.8 Å². The number of carbonyl (C=O) groups is 2. The molecule has 0 atom stereocenters. The zero-order chi connectivity index (χ0) is 12.4. The molecule has 2 heterocycles. The summed E-state index contributed by atoms with van der Waals surface area (Å²) in [5.41, 5.74) is 0.824. The Balaban J connectivity index is 2.33. The molecule has 2 rings (SSSR count). The van der Waals surface area contributed by atoms with Gasteiger partial charge < -0.3 is 5.11 Å². The summed E-state index contributed by atoms with van der Waals surface area (Å²) < 4.78 is 0. The van der Waals surface area contributed by atoms with Crippen LogP contribution in [0.5, 0.6) is 0 Å². The standard InChI is InChI=1S/C12H9NO3S/c1-7(14)10-4-5-11(17-10)9-3-2-8(6-13-9)12(15)16/h2-6H,1H3,(H,15,16). The van der Waals surface area contributed by atoms with Crippen LogP contribution in [0.15, 0.2) is 30.5 Å². The molecule has 5 heteroatoms. The summed E-state index contributed by atoms with van der Waals surface area (Å²) in [5, 5.41) is 8.74. The number of aromatic nitrogens is 1. The quantitative estimate of drug-likeness (QED) is 0.847. The van der Waals surface area contributed by atoms with Crippen molar-refractivity contribution < 1.29 is 14.7 Å². The van der Waals surface area contributed by atoms with Crippen molar-refractivity contribution in [3.63, 3.8) is 0 Å². The summed E-state index contributed by atoms with van der Waals surface area (Å²) in [6.07, 6.45) is 1.31. The zero-order valence-electron chi connectivity index (χ0n) is 9.01. The molecular weight excluding hydrogens is 238 g/mol. The molecular formula is C12H9NO3S. The average molecular weight is 247 g/mol. The van der Waals surface area contributed by atoms with Crippen molar-refractivity contribution in [3.05, 3.63) is 40.9 Å². The third-order valence-corrected chi connectivity index (χ3v) is 3.42. The number of ketones is 1. The normalized spacial score (nSPS) is 10.2. The van der Waals surface area contributed by atoms with Crippen molar-refractivity contribution in [2.24, 2.45) is 0 Å². The maximum atomic E-state index is 11.1. The Morgan fingerprint density at radius 2 is 2.00 bits per heavy atom. The predicted molar refractivity (Wildman–Crippen MR) is 64.5 cm³/mol. The van der Waals surface area contributed by atoms with Gasteiger partial charge in [-0.1, -0.05) is 0 Å². The van der Waals surface area contributed by atoms with Crippen LogP contribution in [0.1, 0.15) is 27.0 Å². The largest absolute Gasteiger partial charge is 0.478 e. The number of hydrogen-bond acceptors (Lipinski definition) is 4. The molecule has 4 nitrogen and oxygen atoms in total. The molecule has 0 bridgehead atoms. The molecule has 0 fully saturated rings. The molecule has 0 radical (unpaired) electrons. The van der Waals surface area contributed by atoms with E-state index in [1.54, 1.807) is 12.1 Å². The third-order valence-electron chi connectivity index (χ3n) is 2.22. The second kappa shape index (κ2) is 4.47. The highest BCUT2D eigenvalue weighted by atomic mass is 32.1. The van der Waals surface area contributed by atoms with Crippen molar-refractivity contribution in [1.82, 2.24) is 4.98 Å². The van der Waals surface area contributed by atoms with Crippen LogP contribution in [0.4, 0.5) is 0 Å². The first-order valence-corrected chi connectivity index (χ1v) is 5.70. The van der Waals surface area contributed by atoms with Gasteiger partial charge in [-0.25, -0.2) is 4.79 Å². The summed E-state index contributed by atoms with van der Waals surface area (Å²) in [6.45, 7) is 1.51. The van der Waals surface area contributed by atoms with E-state index in [-0.39, 0.29) is 11.3 Å². The Bertz CT molecular complexity index is 572. The fraction of sp³-hybridized carbons (Fsp3) is 0.0833. The third kappa shape index (κ3) is 2.39. The molecule has 2 aromatic rings. The predicted octanol–water partition coefficient (Wildman–Crippen LogP) is 2.71. The van der Waals surface area contributed by atoms with Crippen LogP contribution in [0.2, 0.25) is 0 Å². The summed E-state index contributed by atoms with van der Waals surface area (Å²) in [7, 11) is 0. The van der Waals surface area contributed by atoms with Crippen molar-refractivity contribution in [2.45, 2.75) is 6.92 Å². The molecule has 1 N–H and O–H groups in total. The number of pyridine rings is 1. The number of aromatic carboxylic acids is 1. The fourth-order valence-electron chi connectivity index (χ4n) is 1.33. The van der Waals surface area contributed by atoms with Crippen molar-refractivity contribution in [3.8, 4) is 10.6 Å². The monoisotopic (exact) mass is 247 g/mol. The smallest absolute Gasteiger partial charge is 0.337 e. The number of Topliss-reactive ketones (excluding diaryl/α,β-unsaturated/α-hetero) is 1. The van der Waals surface area contributed by atoms with E-state index in [2.05, 4.69) is 4.98 Å². The highest BCUT2D eigenvalue weighted by molar-refractivity contribution is 7.17. The van der Waals surface area contributed by atoms with E-state index in [4.69, 9.17) is 5.11 Å². The van der Waals surface area contributed by atoms with Gasteiger partial charge in [0.2, 0.25) is 0 Å². The number of carbonyl (C=O) groups excluding carboxylic acids is 1. The molecule has 0 amide bonds. The van der Waals surface area contributed by atoms with E-state index in [1.165, 1.54) is 30.5 Å². The summed E-state index contributed by atoms with van der Waals surface area (Å²) in [6, 6.07) is 6.69. The highest BCUT2D eigenvalue weighted by Crippen LogP contribution is 2.26. The molecule has 17 heavy (non-hydrogen) atoms. The summed E-state index contributed by atoms with van der Waals surface area (Å²) >= 11 is 1.35. The lowest BCUT2D eigenvalue weighted by Crippen LogP contribution is -1.96. The van der Waals surface area contributed by atoms with Gasteiger partial charge in [0.15, 0.2) is 5.78 Å². The number of carboxylic acids is 1. The number of rotatable bonds is 3. The Morgan fingerprint density at radius 3 is 2.47 bits per heavy atom. The fourth-order valence-corrected chi connectivity index (χ4v) is 2.21. The van der Waals surface area contributed by atoms with Gasteiger partial charge in [-0.05, 0) is 31.2 Å². The van der Waals surface area contributed by atoms with Crippen LogP contribution in [0, 0.1) is 0 Å². The molecule has 0 unspecified atom stereocenters. The van der Waals surface area contributed by atoms with Crippen LogP contribution < -0.4 is 0 Å². The van der Waals surface area contributed by atoms with Gasteiger partial charge in [0.05, 0.1) is 21.0 Å². The highest BCUT2D eigenvalue weighted by Gasteiger charge is 2.08. The molecule has 86 valence electrons.